The minimum absolute atomic E-state index is 0.263. The van der Waals surface area contributed by atoms with E-state index in [0.717, 1.165) is 22.3 Å². The molecule has 2 aromatic heterocycles. The van der Waals surface area contributed by atoms with E-state index in [2.05, 4.69) is 36.6 Å². The van der Waals surface area contributed by atoms with Gasteiger partial charge in [0.15, 0.2) is 0 Å². The van der Waals surface area contributed by atoms with Crippen LogP contribution in [0, 0.1) is 6.92 Å². The third-order valence-electron chi connectivity index (χ3n) is 2.85. The largest absolute Gasteiger partial charge is 0.337 e. The maximum atomic E-state index is 11.7. The molecule has 2 amide bonds. The number of anilines is 1. The average Bonchev–Trinajstić information content (AvgIpc) is 2.80. The molecule has 0 aliphatic heterocycles. The number of aryl methyl sites for hydroxylation is 2. The monoisotopic (exact) mass is 337 g/mol. The molecule has 2 rings (SSSR count). The van der Waals surface area contributed by atoms with Crippen molar-refractivity contribution in [1.29, 1.82) is 0 Å². The molecule has 0 atom stereocenters. The Bertz CT molecular complexity index is 611. The number of rotatable bonds is 4. The molecular weight excluding hydrogens is 322 g/mol. The zero-order valence-corrected chi connectivity index (χ0v) is 12.9. The Morgan fingerprint density at radius 1 is 1.40 bits per heavy atom. The smallest absolute Gasteiger partial charge is 0.320 e. The number of aromatic nitrogens is 3. The molecule has 0 saturated heterocycles. The number of nitrogens with zero attached hydrogens (tertiary/aromatic N) is 3. The first-order valence-electron chi connectivity index (χ1n) is 6.21. The summed E-state index contributed by atoms with van der Waals surface area (Å²) in [6.45, 7) is 2.41. The third kappa shape index (κ3) is 3.80. The number of nitrogens with one attached hydrogen (secondary N) is 2. The van der Waals surface area contributed by atoms with Crippen molar-refractivity contribution in [3.8, 4) is 0 Å². The minimum atomic E-state index is -0.263. The summed E-state index contributed by atoms with van der Waals surface area (Å²) in [5, 5.41) is 9.56. The van der Waals surface area contributed by atoms with Crippen LogP contribution in [0.5, 0.6) is 0 Å². The Morgan fingerprint density at radius 2 is 2.20 bits per heavy atom. The second kappa shape index (κ2) is 6.51. The summed E-state index contributed by atoms with van der Waals surface area (Å²) in [5.41, 5.74) is 1.90. The second-order valence-electron chi connectivity index (χ2n) is 4.34. The van der Waals surface area contributed by atoms with Crippen LogP contribution in [0.1, 0.15) is 11.4 Å². The Morgan fingerprint density at radius 3 is 2.85 bits per heavy atom. The molecule has 0 radical (unpaired) electrons. The molecule has 20 heavy (non-hydrogen) atoms. The molecule has 0 spiro atoms. The molecule has 0 unspecified atom stereocenters. The van der Waals surface area contributed by atoms with Gasteiger partial charge in [0.05, 0.1) is 5.69 Å². The van der Waals surface area contributed by atoms with Gasteiger partial charge < -0.3 is 5.32 Å². The number of carbonyl (C=O) groups excluding carboxylic acids is 1. The highest BCUT2D eigenvalue weighted by atomic mass is 79.9. The van der Waals surface area contributed by atoms with Crippen LogP contribution in [0.25, 0.3) is 0 Å². The summed E-state index contributed by atoms with van der Waals surface area (Å²) in [4.78, 5) is 16.0. The first kappa shape index (κ1) is 14.5. The topological polar surface area (TPSA) is 71.8 Å². The Kier molecular flexibility index (Phi) is 4.73. The number of carbonyl (C=O) groups is 1. The number of hydrogen-bond acceptors (Lipinski definition) is 3. The second-order valence-corrected chi connectivity index (χ2v) is 5.20. The van der Waals surface area contributed by atoms with Crippen LogP contribution >= 0.6 is 15.9 Å². The van der Waals surface area contributed by atoms with Crippen LogP contribution < -0.4 is 10.6 Å². The summed E-state index contributed by atoms with van der Waals surface area (Å²) in [6.07, 6.45) is 2.47. The Hall–Kier alpha value is -1.89. The summed E-state index contributed by atoms with van der Waals surface area (Å²) < 4.78 is 2.71. The standard InChI is InChI=1S/C13H16BrN5O/c1-9-11(14)3-4-12(17-9)18-13(20)15-7-5-10-6-8-16-19(10)2/h3-4,6,8H,5,7H2,1-2H3,(H2,15,17,18,20). The highest BCUT2D eigenvalue weighted by Gasteiger charge is 2.05. The molecule has 0 bridgehead atoms. The van der Waals surface area contributed by atoms with Crippen LogP contribution in [0.15, 0.2) is 28.9 Å². The van der Waals surface area contributed by atoms with E-state index >= 15 is 0 Å². The number of amides is 2. The van der Waals surface area contributed by atoms with E-state index < -0.39 is 0 Å². The predicted octanol–water partition coefficient (Wildman–Crippen LogP) is 2.25. The Labute approximate surface area is 125 Å². The van der Waals surface area contributed by atoms with E-state index in [1.807, 2.05) is 26.1 Å². The van der Waals surface area contributed by atoms with Crippen LogP contribution in [0.2, 0.25) is 0 Å². The molecule has 2 heterocycles. The van der Waals surface area contributed by atoms with Crippen molar-refractivity contribution >= 4 is 27.8 Å². The normalized spacial score (nSPS) is 10.3. The molecular formula is C13H16BrN5O. The zero-order valence-electron chi connectivity index (χ0n) is 11.4. The lowest BCUT2D eigenvalue weighted by molar-refractivity contribution is 0.252. The maximum Gasteiger partial charge on any atom is 0.320 e. The van der Waals surface area contributed by atoms with Crippen LogP contribution in [-0.4, -0.2) is 27.3 Å². The number of hydrogen-bond donors (Lipinski definition) is 2. The summed E-state index contributed by atoms with van der Waals surface area (Å²) in [7, 11) is 1.88. The van der Waals surface area contributed by atoms with Gasteiger partial charge in [-0.1, -0.05) is 0 Å². The molecule has 0 aliphatic rings. The van der Waals surface area contributed by atoms with Gasteiger partial charge in [-0.3, -0.25) is 10.00 Å². The van der Waals surface area contributed by atoms with E-state index in [0.29, 0.717) is 12.4 Å². The first-order valence-corrected chi connectivity index (χ1v) is 7.00. The molecule has 7 heteroatoms. The van der Waals surface area contributed by atoms with Crippen molar-refractivity contribution < 1.29 is 4.79 Å². The molecule has 6 nitrogen and oxygen atoms in total. The van der Waals surface area contributed by atoms with E-state index in [1.54, 1.807) is 16.9 Å². The fourth-order valence-electron chi connectivity index (χ4n) is 1.72. The lowest BCUT2D eigenvalue weighted by Crippen LogP contribution is -2.31. The lowest BCUT2D eigenvalue weighted by Gasteiger charge is -2.08. The fourth-order valence-corrected chi connectivity index (χ4v) is 1.95. The number of halogens is 1. The molecule has 2 aromatic rings. The van der Waals surface area contributed by atoms with Gasteiger partial charge in [0, 0.05) is 36.4 Å². The van der Waals surface area contributed by atoms with Crippen molar-refractivity contribution in [2.24, 2.45) is 7.05 Å². The van der Waals surface area contributed by atoms with Gasteiger partial charge in [0.1, 0.15) is 5.82 Å². The summed E-state index contributed by atoms with van der Waals surface area (Å²) in [5.74, 6) is 0.531. The van der Waals surface area contributed by atoms with E-state index in [4.69, 9.17) is 0 Å². The summed E-state index contributed by atoms with van der Waals surface area (Å²) >= 11 is 3.37. The van der Waals surface area contributed by atoms with Gasteiger partial charge in [-0.25, -0.2) is 9.78 Å². The van der Waals surface area contributed by atoms with Crippen molar-refractivity contribution in [3.63, 3.8) is 0 Å². The van der Waals surface area contributed by atoms with Crippen molar-refractivity contribution in [3.05, 3.63) is 40.3 Å². The van der Waals surface area contributed by atoms with Crippen LogP contribution in [0.3, 0.4) is 0 Å². The molecule has 0 saturated carbocycles. The number of pyridine rings is 1. The van der Waals surface area contributed by atoms with E-state index in [-0.39, 0.29) is 6.03 Å². The first-order chi connectivity index (χ1) is 9.56. The molecule has 106 valence electrons. The van der Waals surface area contributed by atoms with Gasteiger partial charge in [-0.15, -0.1) is 0 Å². The number of urea groups is 1. The predicted molar refractivity (Wildman–Crippen MR) is 80.6 cm³/mol. The SMILES string of the molecule is Cc1nc(NC(=O)NCCc2ccnn2C)ccc1Br. The molecule has 0 aliphatic carbocycles. The van der Waals surface area contributed by atoms with Gasteiger partial charge in [0.2, 0.25) is 0 Å². The van der Waals surface area contributed by atoms with Crippen molar-refractivity contribution in [2.75, 3.05) is 11.9 Å². The Balaban J connectivity index is 1.80. The average molecular weight is 338 g/mol. The zero-order chi connectivity index (χ0) is 14.5. The minimum Gasteiger partial charge on any atom is -0.337 e. The van der Waals surface area contributed by atoms with Gasteiger partial charge in [-0.05, 0) is 41.1 Å². The fraction of sp³-hybridized carbons (Fsp3) is 0.308. The lowest BCUT2D eigenvalue weighted by atomic mass is 10.3. The highest BCUT2D eigenvalue weighted by molar-refractivity contribution is 9.10. The van der Waals surface area contributed by atoms with Crippen molar-refractivity contribution in [1.82, 2.24) is 20.1 Å². The van der Waals surface area contributed by atoms with Crippen LogP contribution in [-0.2, 0) is 13.5 Å². The van der Waals surface area contributed by atoms with E-state index in [1.165, 1.54) is 0 Å². The quantitative estimate of drug-likeness (QED) is 0.898. The molecule has 2 N–H and O–H groups in total. The highest BCUT2D eigenvalue weighted by Crippen LogP contribution is 2.15. The van der Waals surface area contributed by atoms with E-state index in [9.17, 15) is 4.79 Å². The van der Waals surface area contributed by atoms with Gasteiger partial charge in [-0.2, -0.15) is 5.10 Å². The van der Waals surface area contributed by atoms with Gasteiger partial charge >= 0.3 is 6.03 Å². The summed E-state index contributed by atoms with van der Waals surface area (Å²) in [6, 6.07) is 5.27. The molecule has 0 fully saturated rings. The third-order valence-corrected chi connectivity index (χ3v) is 3.69. The van der Waals surface area contributed by atoms with Crippen LogP contribution in [0.4, 0.5) is 10.6 Å². The maximum absolute atomic E-state index is 11.7. The van der Waals surface area contributed by atoms with Gasteiger partial charge in [0.25, 0.3) is 0 Å². The van der Waals surface area contributed by atoms with Crippen molar-refractivity contribution in [2.45, 2.75) is 13.3 Å². The molecule has 0 aromatic carbocycles.